The maximum absolute atomic E-state index is 13.5. The highest BCUT2D eigenvalue weighted by atomic mass is 19.4. The molecule has 5 heteroatoms. The Hall–Kier alpha value is -3.08. The van der Waals surface area contributed by atoms with Crippen LogP contribution in [0.15, 0.2) is 78.4 Å². The number of allylic oxidation sites excluding steroid dienone is 5. The first kappa shape index (κ1) is 16.8. The Morgan fingerprint density at radius 2 is 1.44 bits per heavy atom. The van der Waals surface area contributed by atoms with E-state index in [1.165, 1.54) is 12.1 Å². The third-order valence-corrected chi connectivity index (χ3v) is 3.87. The number of halogens is 3. The maximum atomic E-state index is 13.5. The van der Waals surface area contributed by atoms with Gasteiger partial charge in [0.1, 0.15) is 0 Å². The molecule has 0 aliphatic heterocycles. The largest absolute Gasteiger partial charge is 0.417 e. The molecule has 2 nitrogen and oxygen atoms in total. The van der Waals surface area contributed by atoms with Gasteiger partial charge in [0, 0.05) is 5.69 Å². The third kappa shape index (κ3) is 3.55. The van der Waals surface area contributed by atoms with Crippen LogP contribution >= 0.6 is 0 Å². The average Bonchev–Trinajstić information content (AvgIpc) is 2.58. The highest BCUT2D eigenvalue weighted by Gasteiger charge is 2.34. The molecule has 0 spiro atoms. The van der Waals surface area contributed by atoms with Crippen LogP contribution in [-0.2, 0) is 6.18 Å². The van der Waals surface area contributed by atoms with Crippen molar-refractivity contribution in [2.24, 2.45) is 0 Å². The van der Waals surface area contributed by atoms with Crippen LogP contribution in [0.25, 0.3) is 5.57 Å². The Bertz CT molecular complexity index is 883. The van der Waals surface area contributed by atoms with Crippen LogP contribution in [0.1, 0.15) is 16.7 Å². The van der Waals surface area contributed by atoms with Crippen molar-refractivity contribution in [3.05, 3.63) is 95.1 Å². The zero-order chi connectivity index (χ0) is 18.0. The fraction of sp³-hybridized carbons (Fsp3) is 0.0500. The summed E-state index contributed by atoms with van der Waals surface area (Å²) in [6.45, 7) is 0. The first-order chi connectivity index (χ1) is 11.9. The number of anilines is 1. The van der Waals surface area contributed by atoms with E-state index in [1.54, 1.807) is 54.6 Å². The van der Waals surface area contributed by atoms with Gasteiger partial charge in [-0.25, -0.2) is 0 Å². The van der Waals surface area contributed by atoms with Gasteiger partial charge in [-0.3, -0.25) is 0 Å². The standard InChI is InChI=1S/C20H15F3N2/c21-20(22,23)18-4-2-1-3-17(18)19(13-5-9-15(24)10-6-13)14-7-11-16(25)12-8-14/h1-12,24H,25H2. The molecule has 2 aromatic carbocycles. The summed E-state index contributed by atoms with van der Waals surface area (Å²) in [5.74, 6) is 0. The smallest absolute Gasteiger partial charge is 0.399 e. The van der Waals surface area contributed by atoms with Crippen LogP contribution < -0.4 is 5.73 Å². The van der Waals surface area contributed by atoms with Crippen molar-refractivity contribution in [1.82, 2.24) is 0 Å². The molecular formula is C20H15F3N2. The number of nitrogen functional groups attached to an aromatic ring is 1. The van der Waals surface area contributed by atoms with Crippen molar-refractivity contribution < 1.29 is 13.2 Å². The molecule has 1 aliphatic rings. The predicted octanol–water partition coefficient (Wildman–Crippen LogP) is 5.24. The van der Waals surface area contributed by atoms with Gasteiger partial charge in [0.15, 0.2) is 0 Å². The molecule has 0 unspecified atom stereocenters. The second-order valence-electron chi connectivity index (χ2n) is 5.62. The average molecular weight is 340 g/mol. The van der Waals surface area contributed by atoms with E-state index < -0.39 is 11.7 Å². The molecule has 25 heavy (non-hydrogen) atoms. The molecule has 2 aromatic rings. The summed E-state index contributed by atoms with van der Waals surface area (Å²) in [7, 11) is 0. The minimum Gasteiger partial charge on any atom is -0.399 e. The Morgan fingerprint density at radius 3 is 2.04 bits per heavy atom. The molecule has 126 valence electrons. The van der Waals surface area contributed by atoms with Crippen molar-refractivity contribution in [3.63, 3.8) is 0 Å². The van der Waals surface area contributed by atoms with E-state index in [-0.39, 0.29) is 5.56 Å². The van der Waals surface area contributed by atoms with E-state index in [1.807, 2.05) is 0 Å². The Kier molecular flexibility index (Phi) is 4.31. The van der Waals surface area contributed by atoms with Crippen molar-refractivity contribution in [3.8, 4) is 0 Å². The van der Waals surface area contributed by atoms with Crippen LogP contribution in [0.5, 0.6) is 0 Å². The first-order valence-electron chi connectivity index (χ1n) is 7.58. The number of nitrogens with one attached hydrogen (secondary N) is 1. The monoisotopic (exact) mass is 340 g/mol. The lowest BCUT2D eigenvalue weighted by molar-refractivity contribution is -0.137. The fourth-order valence-electron chi connectivity index (χ4n) is 2.71. The predicted molar refractivity (Wildman–Crippen MR) is 94.3 cm³/mol. The molecule has 0 radical (unpaired) electrons. The highest BCUT2D eigenvalue weighted by molar-refractivity contribution is 6.05. The summed E-state index contributed by atoms with van der Waals surface area (Å²) < 4.78 is 40.5. The number of hydrogen-bond donors (Lipinski definition) is 2. The fourth-order valence-corrected chi connectivity index (χ4v) is 2.71. The summed E-state index contributed by atoms with van der Waals surface area (Å²) in [6.07, 6.45) is 1.96. The SMILES string of the molecule is N=C1C=CC(=C(c2ccc(N)cc2)c2ccccc2C(F)(F)F)C=C1. The molecule has 0 bridgehead atoms. The number of alkyl halides is 3. The van der Waals surface area contributed by atoms with Gasteiger partial charge in [-0.1, -0.05) is 42.5 Å². The minimum absolute atomic E-state index is 0.0949. The van der Waals surface area contributed by atoms with E-state index in [9.17, 15) is 13.2 Å². The van der Waals surface area contributed by atoms with Gasteiger partial charge in [-0.15, -0.1) is 0 Å². The lowest BCUT2D eigenvalue weighted by Crippen LogP contribution is -2.10. The quantitative estimate of drug-likeness (QED) is 0.722. The Morgan fingerprint density at radius 1 is 0.840 bits per heavy atom. The Balaban J connectivity index is 2.29. The minimum atomic E-state index is -4.47. The van der Waals surface area contributed by atoms with E-state index in [2.05, 4.69) is 0 Å². The second-order valence-corrected chi connectivity index (χ2v) is 5.62. The lowest BCUT2D eigenvalue weighted by Gasteiger charge is -2.18. The summed E-state index contributed by atoms with van der Waals surface area (Å²) in [4.78, 5) is 0. The summed E-state index contributed by atoms with van der Waals surface area (Å²) >= 11 is 0. The van der Waals surface area contributed by atoms with Crippen LogP contribution in [0.3, 0.4) is 0 Å². The molecule has 0 atom stereocenters. The van der Waals surface area contributed by atoms with E-state index in [4.69, 9.17) is 11.1 Å². The van der Waals surface area contributed by atoms with Gasteiger partial charge >= 0.3 is 6.18 Å². The molecule has 0 saturated heterocycles. The first-order valence-corrected chi connectivity index (χ1v) is 7.58. The van der Waals surface area contributed by atoms with E-state index in [0.717, 1.165) is 6.07 Å². The van der Waals surface area contributed by atoms with Gasteiger partial charge in [0.05, 0.1) is 11.3 Å². The molecule has 3 N–H and O–H groups in total. The van der Waals surface area contributed by atoms with E-state index in [0.29, 0.717) is 28.1 Å². The molecular weight excluding hydrogens is 325 g/mol. The summed E-state index contributed by atoms with van der Waals surface area (Å²) in [5, 5.41) is 7.61. The molecule has 1 aliphatic carbocycles. The molecule has 3 rings (SSSR count). The normalized spacial score (nSPS) is 14.0. The van der Waals surface area contributed by atoms with Crippen molar-refractivity contribution >= 4 is 17.0 Å². The van der Waals surface area contributed by atoms with Gasteiger partial charge in [-0.05, 0) is 52.6 Å². The van der Waals surface area contributed by atoms with Gasteiger partial charge in [0.2, 0.25) is 0 Å². The zero-order valence-electron chi connectivity index (χ0n) is 13.1. The number of nitrogens with two attached hydrogens (primary N) is 1. The van der Waals surface area contributed by atoms with Crippen molar-refractivity contribution in [2.45, 2.75) is 6.18 Å². The second kappa shape index (κ2) is 6.43. The van der Waals surface area contributed by atoms with Gasteiger partial charge < -0.3 is 11.1 Å². The maximum Gasteiger partial charge on any atom is 0.417 e. The number of benzene rings is 2. The van der Waals surface area contributed by atoms with Gasteiger partial charge in [0.25, 0.3) is 0 Å². The molecule has 0 heterocycles. The summed E-state index contributed by atoms with van der Waals surface area (Å²) in [5.41, 5.74) is 7.63. The van der Waals surface area contributed by atoms with Crippen LogP contribution in [0, 0.1) is 5.41 Å². The van der Waals surface area contributed by atoms with Crippen molar-refractivity contribution in [2.75, 3.05) is 5.73 Å². The van der Waals surface area contributed by atoms with E-state index >= 15 is 0 Å². The van der Waals surface area contributed by atoms with Crippen LogP contribution in [0.2, 0.25) is 0 Å². The topological polar surface area (TPSA) is 49.9 Å². The van der Waals surface area contributed by atoms with Crippen molar-refractivity contribution in [1.29, 1.82) is 5.41 Å². The lowest BCUT2D eigenvalue weighted by atomic mass is 9.88. The number of hydrogen-bond acceptors (Lipinski definition) is 2. The number of rotatable bonds is 2. The summed E-state index contributed by atoms with van der Waals surface area (Å²) in [6, 6.07) is 12.2. The van der Waals surface area contributed by atoms with Gasteiger partial charge in [-0.2, -0.15) is 13.2 Å². The molecule has 0 aromatic heterocycles. The highest BCUT2D eigenvalue weighted by Crippen LogP contribution is 2.39. The zero-order valence-corrected chi connectivity index (χ0v) is 13.1. The molecule has 0 amide bonds. The molecule has 0 fully saturated rings. The Labute approximate surface area is 143 Å². The van der Waals surface area contributed by atoms with Crippen LogP contribution in [-0.4, -0.2) is 5.71 Å². The van der Waals surface area contributed by atoms with Crippen LogP contribution in [0.4, 0.5) is 18.9 Å². The molecule has 0 saturated carbocycles. The third-order valence-electron chi connectivity index (χ3n) is 3.87.